The maximum absolute atomic E-state index is 12.3. The van der Waals surface area contributed by atoms with Gasteiger partial charge in [0.05, 0.1) is 7.11 Å². The first-order valence-corrected chi connectivity index (χ1v) is 12.3. The molecule has 0 spiro atoms. The highest BCUT2D eigenvalue weighted by atomic mass is 32.3. The van der Waals surface area contributed by atoms with Crippen molar-refractivity contribution in [2.24, 2.45) is 5.92 Å². The number of carbonyl (C=O) groups is 1. The number of hydrogen-bond donors (Lipinski definition) is 4. The van der Waals surface area contributed by atoms with Crippen LogP contribution in [0.2, 0.25) is 0 Å². The molecule has 3 rings (SSSR count). The summed E-state index contributed by atoms with van der Waals surface area (Å²) < 4.78 is 77.4. The van der Waals surface area contributed by atoms with Gasteiger partial charge in [0, 0.05) is 32.1 Å². The van der Waals surface area contributed by atoms with Crippen molar-refractivity contribution in [3.8, 4) is 11.8 Å². The van der Waals surface area contributed by atoms with E-state index in [0.29, 0.717) is 31.1 Å². The fourth-order valence-electron chi connectivity index (χ4n) is 3.64. The summed E-state index contributed by atoms with van der Waals surface area (Å²) in [5.41, 5.74) is 0.834. The first-order valence-electron chi connectivity index (χ1n) is 10.9. The summed E-state index contributed by atoms with van der Waals surface area (Å²) in [4.78, 5) is 21.8. The van der Waals surface area contributed by atoms with Crippen molar-refractivity contribution < 1.29 is 50.1 Å². The third-order valence-electron chi connectivity index (χ3n) is 5.06. The molecule has 1 fully saturated rings. The number of alkyl halides is 3. The van der Waals surface area contributed by atoms with Gasteiger partial charge in [-0.15, -0.1) is 13.2 Å². The van der Waals surface area contributed by atoms with Crippen molar-refractivity contribution in [2.45, 2.75) is 32.0 Å². The summed E-state index contributed by atoms with van der Waals surface area (Å²) in [6, 6.07) is 7.68. The van der Waals surface area contributed by atoms with Crippen LogP contribution in [0.25, 0.3) is 0 Å². The molecule has 0 saturated carbocycles. The van der Waals surface area contributed by atoms with Gasteiger partial charge in [-0.1, -0.05) is 12.1 Å². The van der Waals surface area contributed by atoms with Gasteiger partial charge < -0.3 is 24.8 Å². The lowest BCUT2D eigenvalue weighted by atomic mass is 9.95. The molecule has 1 atom stereocenters. The lowest BCUT2D eigenvalue weighted by Crippen LogP contribution is -2.37. The molecule has 4 N–H and O–H groups in total. The summed E-state index contributed by atoms with van der Waals surface area (Å²) in [7, 11) is -3.20. The maximum atomic E-state index is 12.3. The SMILES string of the molecule is COc1nc(NCCc2ccc(OC(F)(F)F)cc2)cc(N2CCCC(CC(=O)O)C2)n1.O=S(=O)(O)O. The second kappa shape index (κ2) is 13.3. The molecule has 12 nitrogen and oxygen atoms in total. The lowest BCUT2D eigenvalue weighted by Gasteiger charge is -2.33. The summed E-state index contributed by atoms with van der Waals surface area (Å²) in [6.45, 7) is 1.85. The largest absolute Gasteiger partial charge is 0.573 e. The molecule has 0 radical (unpaired) electrons. The predicted molar refractivity (Wildman–Crippen MR) is 125 cm³/mol. The first-order chi connectivity index (χ1) is 17.2. The first kappa shape index (κ1) is 29.9. The van der Waals surface area contributed by atoms with Crippen molar-refractivity contribution in [3.63, 3.8) is 0 Å². The standard InChI is InChI=1S/C21H25F3N4O4.H2O4S/c1-31-20-26-17(12-18(27-20)28-10-2-3-15(13-28)11-19(29)30)25-9-8-14-4-6-16(7-5-14)32-21(22,23)24;1-5(2,3)4/h4-7,12,15H,2-3,8-11,13H2,1H3,(H,29,30)(H,25,26,27);(H2,1,2,3,4). The van der Waals surface area contributed by atoms with E-state index in [1.165, 1.54) is 19.2 Å². The number of anilines is 2. The van der Waals surface area contributed by atoms with Crippen molar-refractivity contribution in [3.05, 3.63) is 35.9 Å². The number of methoxy groups -OCH3 is 1. The van der Waals surface area contributed by atoms with E-state index in [0.717, 1.165) is 24.9 Å². The van der Waals surface area contributed by atoms with E-state index in [2.05, 4.69) is 20.0 Å². The fraction of sp³-hybridized carbons (Fsp3) is 0.476. The van der Waals surface area contributed by atoms with Gasteiger partial charge in [0.1, 0.15) is 17.4 Å². The summed E-state index contributed by atoms with van der Waals surface area (Å²) in [5, 5.41) is 12.3. The Morgan fingerprint density at radius 2 is 1.86 bits per heavy atom. The van der Waals surface area contributed by atoms with Gasteiger partial charge >= 0.3 is 28.7 Å². The molecule has 1 aliphatic heterocycles. The van der Waals surface area contributed by atoms with Crippen LogP contribution in [-0.2, 0) is 21.6 Å². The Bertz CT molecular complexity index is 1130. The fourth-order valence-corrected chi connectivity index (χ4v) is 3.64. The molecule has 1 aliphatic rings. The van der Waals surface area contributed by atoms with Gasteiger partial charge in [-0.2, -0.15) is 18.4 Å². The number of ether oxygens (including phenoxy) is 2. The molecule has 206 valence electrons. The molecule has 1 saturated heterocycles. The van der Waals surface area contributed by atoms with Crippen LogP contribution in [0.4, 0.5) is 24.8 Å². The third kappa shape index (κ3) is 12.4. The maximum Gasteiger partial charge on any atom is 0.573 e. The number of carboxylic acids is 1. The molecular formula is C21H27F3N4O8S. The minimum Gasteiger partial charge on any atom is -0.481 e. The van der Waals surface area contributed by atoms with Crippen molar-refractivity contribution in [1.82, 2.24) is 9.97 Å². The number of carboxylic acid groups (broad SMARTS) is 1. The minimum atomic E-state index is -4.71. The third-order valence-corrected chi connectivity index (χ3v) is 5.06. The van der Waals surface area contributed by atoms with Crippen LogP contribution >= 0.6 is 0 Å². The smallest absolute Gasteiger partial charge is 0.481 e. The Morgan fingerprint density at radius 1 is 1.22 bits per heavy atom. The number of halogens is 3. The van der Waals surface area contributed by atoms with E-state index >= 15 is 0 Å². The number of hydrogen-bond acceptors (Lipinski definition) is 9. The molecule has 16 heteroatoms. The zero-order valence-electron chi connectivity index (χ0n) is 19.7. The molecule has 1 unspecified atom stereocenters. The van der Waals surface area contributed by atoms with Crippen molar-refractivity contribution in [2.75, 3.05) is 37.0 Å². The normalized spacial score (nSPS) is 15.8. The molecule has 0 aliphatic carbocycles. The van der Waals surface area contributed by atoms with Crippen LogP contribution in [0.3, 0.4) is 0 Å². The van der Waals surface area contributed by atoms with Gasteiger partial charge in [0.25, 0.3) is 0 Å². The summed E-state index contributed by atoms with van der Waals surface area (Å²) in [6.07, 6.45) is -2.30. The molecule has 2 aromatic rings. The highest BCUT2D eigenvalue weighted by Gasteiger charge is 2.31. The topological polar surface area (TPSA) is 171 Å². The molecule has 0 bridgehead atoms. The number of benzene rings is 1. The van der Waals surface area contributed by atoms with Crippen LogP contribution in [-0.4, -0.2) is 71.7 Å². The monoisotopic (exact) mass is 552 g/mol. The average molecular weight is 553 g/mol. The molecule has 1 aromatic heterocycles. The van der Waals surface area contributed by atoms with E-state index in [1.807, 2.05) is 4.90 Å². The zero-order valence-corrected chi connectivity index (χ0v) is 20.5. The molecular weight excluding hydrogens is 525 g/mol. The highest BCUT2D eigenvalue weighted by Crippen LogP contribution is 2.27. The average Bonchev–Trinajstić information content (AvgIpc) is 2.78. The molecule has 1 aromatic carbocycles. The Morgan fingerprint density at radius 3 is 2.43 bits per heavy atom. The van der Waals surface area contributed by atoms with Crippen LogP contribution in [0, 0.1) is 5.92 Å². The van der Waals surface area contributed by atoms with Crippen LogP contribution in [0.5, 0.6) is 11.8 Å². The second-order valence-electron chi connectivity index (χ2n) is 7.97. The summed E-state index contributed by atoms with van der Waals surface area (Å²) in [5.74, 6) is 0.190. The number of piperidine rings is 1. The van der Waals surface area contributed by atoms with Gasteiger partial charge in [-0.3, -0.25) is 13.9 Å². The van der Waals surface area contributed by atoms with Gasteiger partial charge in [0.15, 0.2) is 0 Å². The quantitative estimate of drug-likeness (QED) is 0.336. The van der Waals surface area contributed by atoms with Crippen LogP contribution in [0.1, 0.15) is 24.8 Å². The zero-order chi connectivity index (χ0) is 27.6. The van der Waals surface area contributed by atoms with Gasteiger partial charge in [-0.25, -0.2) is 0 Å². The Hall–Kier alpha value is -3.37. The van der Waals surface area contributed by atoms with Gasteiger partial charge in [0.2, 0.25) is 0 Å². The molecule has 2 heterocycles. The Balaban J connectivity index is 0.000000877. The summed E-state index contributed by atoms with van der Waals surface area (Å²) >= 11 is 0. The number of nitrogens with zero attached hydrogens (tertiary/aromatic N) is 3. The Labute approximate surface area is 211 Å². The van der Waals surface area contributed by atoms with E-state index in [1.54, 1.807) is 18.2 Å². The number of nitrogens with one attached hydrogen (secondary N) is 1. The highest BCUT2D eigenvalue weighted by molar-refractivity contribution is 7.79. The number of aliphatic carboxylic acids is 1. The van der Waals surface area contributed by atoms with Crippen LogP contribution < -0.4 is 19.7 Å². The van der Waals surface area contributed by atoms with E-state index < -0.39 is 22.7 Å². The van der Waals surface area contributed by atoms with Crippen LogP contribution in [0.15, 0.2) is 30.3 Å². The molecule has 37 heavy (non-hydrogen) atoms. The minimum absolute atomic E-state index is 0.0583. The number of aromatic nitrogens is 2. The van der Waals surface area contributed by atoms with Gasteiger partial charge in [-0.05, 0) is 42.9 Å². The van der Waals surface area contributed by atoms with E-state index in [9.17, 15) is 18.0 Å². The van der Waals surface area contributed by atoms with E-state index in [4.69, 9.17) is 27.4 Å². The molecule has 0 amide bonds. The van der Waals surface area contributed by atoms with E-state index in [-0.39, 0.29) is 24.1 Å². The second-order valence-corrected chi connectivity index (χ2v) is 8.86. The predicted octanol–water partition coefficient (Wildman–Crippen LogP) is 3.08. The lowest BCUT2D eigenvalue weighted by molar-refractivity contribution is -0.274. The Kier molecular flexibility index (Phi) is 10.7. The van der Waals surface area contributed by atoms with Crippen molar-refractivity contribution in [1.29, 1.82) is 0 Å². The number of rotatable bonds is 9. The van der Waals surface area contributed by atoms with Crippen molar-refractivity contribution >= 4 is 28.0 Å².